The number of benzene rings is 1. The molecular formula is C12H15N3O2. The average molecular weight is 233 g/mol. The lowest BCUT2D eigenvalue weighted by Crippen LogP contribution is -2.54. The topological polar surface area (TPSA) is 75.4 Å². The van der Waals surface area contributed by atoms with Crippen LogP contribution >= 0.6 is 0 Å². The zero-order valence-corrected chi connectivity index (χ0v) is 9.64. The summed E-state index contributed by atoms with van der Waals surface area (Å²) in [4.78, 5) is 24.9. The van der Waals surface area contributed by atoms with Crippen LogP contribution in [-0.2, 0) is 4.79 Å². The maximum atomic E-state index is 11.9. The number of nitrogens with one attached hydrogen (secondary N) is 1. The van der Waals surface area contributed by atoms with E-state index < -0.39 is 0 Å². The van der Waals surface area contributed by atoms with Gasteiger partial charge in [0.25, 0.3) is 0 Å². The molecule has 2 rings (SSSR count). The Bertz CT molecular complexity index is 441. The summed E-state index contributed by atoms with van der Waals surface area (Å²) in [5.74, 6) is -0.189. The van der Waals surface area contributed by atoms with E-state index in [9.17, 15) is 9.59 Å². The second kappa shape index (κ2) is 4.45. The van der Waals surface area contributed by atoms with Crippen LogP contribution in [0.1, 0.15) is 19.8 Å². The molecule has 1 aliphatic heterocycles. The third kappa shape index (κ3) is 2.22. The number of anilines is 2. The van der Waals surface area contributed by atoms with Crippen LogP contribution in [0.2, 0.25) is 0 Å². The number of imide groups is 1. The fourth-order valence-electron chi connectivity index (χ4n) is 1.88. The van der Waals surface area contributed by atoms with E-state index in [0.717, 1.165) is 11.3 Å². The van der Waals surface area contributed by atoms with E-state index in [1.54, 1.807) is 24.3 Å². The Morgan fingerprint density at radius 3 is 2.82 bits per heavy atom. The molecule has 1 unspecified atom stereocenters. The van der Waals surface area contributed by atoms with Crippen LogP contribution in [0.5, 0.6) is 0 Å². The Labute approximate surface area is 99.6 Å². The largest absolute Gasteiger partial charge is 0.399 e. The molecule has 0 spiro atoms. The van der Waals surface area contributed by atoms with Crippen molar-refractivity contribution < 1.29 is 9.59 Å². The summed E-state index contributed by atoms with van der Waals surface area (Å²) in [6.07, 6.45) is 1.08. The second-order valence-corrected chi connectivity index (χ2v) is 4.08. The summed E-state index contributed by atoms with van der Waals surface area (Å²) in [5.41, 5.74) is 6.68. The molecule has 90 valence electrons. The standard InChI is InChI=1S/C12H15N3O2/c1-2-9-7-11(16)15(12(17)14-9)10-5-3-4-8(13)6-10/h3-6,9H,2,7,13H2,1H3,(H,14,17). The third-order valence-corrected chi connectivity index (χ3v) is 2.82. The van der Waals surface area contributed by atoms with Gasteiger partial charge < -0.3 is 11.1 Å². The van der Waals surface area contributed by atoms with Crippen molar-refractivity contribution in [2.75, 3.05) is 10.6 Å². The molecule has 1 aromatic carbocycles. The van der Waals surface area contributed by atoms with Crippen molar-refractivity contribution in [3.8, 4) is 0 Å². The zero-order chi connectivity index (χ0) is 12.4. The molecule has 17 heavy (non-hydrogen) atoms. The fourth-order valence-corrected chi connectivity index (χ4v) is 1.88. The first-order valence-corrected chi connectivity index (χ1v) is 5.60. The van der Waals surface area contributed by atoms with Crippen LogP contribution in [0.15, 0.2) is 24.3 Å². The molecular weight excluding hydrogens is 218 g/mol. The number of nitrogen functional groups attached to an aromatic ring is 1. The molecule has 1 aromatic rings. The second-order valence-electron chi connectivity index (χ2n) is 4.08. The van der Waals surface area contributed by atoms with Gasteiger partial charge in [-0.05, 0) is 24.6 Å². The summed E-state index contributed by atoms with van der Waals surface area (Å²) >= 11 is 0. The Kier molecular flexibility index (Phi) is 2.99. The van der Waals surface area contributed by atoms with Crippen molar-refractivity contribution in [1.82, 2.24) is 5.32 Å². The van der Waals surface area contributed by atoms with Gasteiger partial charge >= 0.3 is 6.03 Å². The minimum Gasteiger partial charge on any atom is -0.399 e. The number of amides is 3. The minimum absolute atomic E-state index is 0.0627. The average Bonchev–Trinajstić information content (AvgIpc) is 2.28. The van der Waals surface area contributed by atoms with Crippen molar-refractivity contribution in [2.24, 2.45) is 0 Å². The van der Waals surface area contributed by atoms with Gasteiger partial charge in [0, 0.05) is 18.2 Å². The van der Waals surface area contributed by atoms with Gasteiger partial charge in [-0.1, -0.05) is 13.0 Å². The third-order valence-electron chi connectivity index (χ3n) is 2.82. The van der Waals surface area contributed by atoms with Crippen molar-refractivity contribution in [3.63, 3.8) is 0 Å². The summed E-state index contributed by atoms with van der Waals surface area (Å²) in [7, 11) is 0. The highest BCUT2D eigenvalue weighted by Crippen LogP contribution is 2.22. The summed E-state index contributed by atoms with van der Waals surface area (Å²) in [6.45, 7) is 1.94. The van der Waals surface area contributed by atoms with E-state index in [1.807, 2.05) is 6.92 Å². The summed E-state index contributed by atoms with van der Waals surface area (Å²) < 4.78 is 0. The van der Waals surface area contributed by atoms with Crippen LogP contribution in [0.4, 0.5) is 16.2 Å². The van der Waals surface area contributed by atoms with E-state index >= 15 is 0 Å². The highest BCUT2D eigenvalue weighted by Gasteiger charge is 2.32. The number of carbonyl (C=O) groups is 2. The lowest BCUT2D eigenvalue weighted by atomic mass is 10.1. The summed E-state index contributed by atoms with van der Waals surface area (Å²) in [5, 5.41) is 2.79. The Hall–Kier alpha value is -2.04. The first-order chi connectivity index (χ1) is 8.11. The van der Waals surface area contributed by atoms with Gasteiger partial charge in [-0.2, -0.15) is 0 Å². The molecule has 0 saturated carbocycles. The molecule has 0 radical (unpaired) electrons. The first kappa shape index (κ1) is 11.4. The van der Waals surface area contributed by atoms with E-state index in [0.29, 0.717) is 17.8 Å². The van der Waals surface area contributed by atoms with Crippen molar-refractivity contribution in [1.29, 1.82) is 0 Å². The fraction of sp³-hybridized carbons (Fsp3) is 0.333. The maximum Gasteiger partial charge on any atom is 0.328 e. The number of rotatable bonds is 2. The predicted molar refractivity (Wildman–Crippen MR) is 65.6 cm³/mol. The molecule has 1 heterocycles. The molecule has 3 amide bonds. The number of nitrogens with two attached hydrogens (primary N) is 1. The number of carbonyl (C=O) groups excluding carboxylic acids is 2. The number of nitrogens with zero attached hydrogens (tertiary/aromatic N) is 1. The van der Waals surface area contributed by atoms with Gasteiger partial charge in [-0.3, -0.25) is 4.79 Å². The molecule has 0 bridgehead atoms. The maximum absolute atomic E-state index is 11.9. The van der Waals surface area contributed by atoms with Crippen molar-refractivity contribution in [2.45, 2.75) is 25.8 Å². The Balaban J connectivity index is 2.27. The number of hydrogen-bond donors (Lipinski definition) is 2. The van der Waals surface area contributed by atoms with Gasteiger partial charge in [0.15, 0.2) is 0 Å². The Morgan fingerprint density at radius 2 is 2.24 bits per heavy atom. The molecule has 1 aliphatic rings. The molecule has 1 fully saturated rings. The number of hydrogen-bond acceptors (Lipinski definition) is 3. The van der Waals surface area contributed by atoms with Gasteiger partial charge in [-0.25, -0.2) is 9.69 Å². The molecule has 1 atom stereocenters. The molecule has 5 heteroatoms. The van der Waals surface area contributed by atoms with E-state index in [4.69, 9.17) is 5.73 Å². The van der Waals surface area contributed by atoms with Crippen LogP contribution < -0.4 is 16.0 Å². The van der Waals surface area contributed by atoms with E-state index in [1.165, 1.54) is 0 Å². The summed E-state index contributed by atoms with van der Waals surface area (Å²) in [6, 6.07) is 6.30. The van der Waals surface area contributed by atoms with Gasteiger partial charge in [0.05, 0.1) is 5.69 Å². The lowest BCUT2D eigenvalue weighted by Gasteiger charge is -2.30. The monoisotopic (exact) mass is 233 g/mol. The molecule has 0 aliphatic carbocycles. The molecule has 0 aromatic heterocycles. The van der Waals surface area contributed by atoms with Crippen molar-refractivity contribution in [3.05, 3.63) is 24.3 Å². The van der Waals surface area contributed by atoms with Gasteiger partial charge in [-0.15, -0.1) is 0 Å². The van der Waals surface area contributed by atoms with Crippen LogP contribution in [-0.4, -0.2) is 18.0 Å². The van der Waals surface area contributed by atoms with E-state index in [2.05, 4.69) is 5.32 Å². The Morgan fingerprint density at radius 1 is 1.47 bits per heavy atom. The number of urea groups is 1. The van der Waals surface area contributed by atoms with Crippen LogP contribution in [0.25, 0.3) is 0 Å². The predicted octanol–water partition coefficient (Wildman–Crippen LogP) is 1.49. The minimum atomic E-state index is -0.376. The molecule has 3 N–H and O–H groups in total. The first-order valence-electron chi connectivity index (χ1n) is 5.60. The van der Waals surface area contributed by atoms with Gasteiger partial charge in [0.1, 0.15) is 0 Å². The quantitative estimate of drug-likeness (QED) is 0.760. The molecule has 5 nitrogen and oxygen atoms in total. The lowest BCUT2D eigenvalue weighted by molar-refractivity contribution is -0.119. The van der Waals surface area contributed by atoms with Crippen LogP contribution in [0.3, 0.4) is 0 Å². The van der Waals surface area contributed by atoms with Gasteiger partial charge in [0.2, 0.25) is 5.91 Å². The van der Waals surface area contributed by atoms with Crippen molar-refractivity contribution >= 4 is 23.3 Å². The smallest absolute Gasteiger partial charge is 0.328 e. The normalized spacial score (nSPS) is 20.3. The SMILES string of the molecule is CCC1CC(=O)N(c2cccc(N)c2)C(=O)N1. The highest BCUT2D eigenvalue weighted by molar-refractivity contribution is 6.16. The zero-order valence-electron chi connectivity index (χ0n) is 9.64. The van der Waals surface area contributed by atoms with Crippen LogP contribution in [0, 0.1) is 0 Å². The van der Waals surface area contributed by atoms with E-state index in [-0.39, 0.29) is 18.0 Å². The highest BCUT2D eigenvalue weighted by atomic mass is 16.2. The molecule has 1 saturated heterocycles.